The lowest BCUT2D eigenvalue weighted by Gasteiger charge is -2.62. The van der Waals surface area contributed by atoms with E-state index in [0.29, 0.717) is 11.5 Å². The average Bonchev–Trinajstić information content (AvgIpc) is 2.27. The summed E-state index contributed by atoms with van der Waals surface area (Å²) in [4.78, 5) is 0. The maximum absolute atomic E-state index is 6.46. The van der Waals surface area contributed by atoms with E-state index >= 15 is 0 Å². The van der Waals surface area contributed by atoms with Crippen LogP contribution in [0.4, 0.5) is 0 Å². The van der Waals surface area contributed by atoms with Gasteiger partial charge in [0, 0.05) is 23.0 Å². The summed E-state index contributed by atoms with van der Waals surface area (Å²) in [5.41, 5.74) is 2.31. The molecule has 104 valence electrons. The largest absolute Gasteiger partial charge is 0.314 e. The second-order valence-corrected chi connectivity index (χ2v) is 7.41. The summed E-state index contributed by atoms with van der Waals surface area (Å²) in [6, 6.07) is 8.98. The molecule has 0 radical (unpaired) electrons. The van der Waals surface area contributed by atoms with Gasteiger partial charge in [0.25, 0.3) is 0 Å². The van der Waals surface area contributed by atoms with E-state index in [-0.39, 0.29) is 5.41 Å². The summed E-state index contributed by atoms with van der Waals surface area (Å²) in [5.74, 6) is 0. The normalized spacial score (nSPS) is 23.2. The Labute approximate surface area is 121 Å². The molecule has 1 N–H and O–H groups in total. The predicted octanol–water partition coefficient (Wildman–Crippen LogP) is 4.54. The Bertz CT molecular complexity index is 454. The van der Waals surface area contributed by atoms with Crippen molar-refractivity contribution in [2.45, 2.75) is 57.4 Å². The third kappa shape index (κ3) is 2.32. The number of hydrogen-bond acceptors (Lipinski definition) is 1. The zero-order chi connectivity index (χ0) is 13.5. The summed E-state index contributed by atoms with van der Waals surface area (Å²) in [6.07, 6.45) is 6.94. The molecule has 0 heterocycles. The van der Waals surface area contributed by atoms with Gasteiger partial charge in [-0.15, -0.1) is 0 Å². The van der Waals surface area contributed by atoms with Crippen LogP contribution >= 0.6 is 11.6 Å². The van der Waals surface area contributed by atoms with Crippen molar-refractivity contribution in [2.24, 2.45) is 5.41 Å². The molecule has 2 aliphatic carbocycles. The molecule has 1 aromatic rings. The maximum Gasteiger partial charge on any atom is 0.0444 e. The molecule has 0 aliphatic heterocycles. The minimum Gasteiger partial charge on any atom is -0.314 e. The summed E-state index contributed by atoms with van der Waals surface area (Å²) in [6.45, 7) is 5.51. The van der Waals surface area contributed by atoms with E-state index in [1.165, 1.54) is 37.7 Å². The number of halogens is 1. The van der Waals surface area contributed by atoms with Crippen LogP contribution in [0.1, 0.15) is 51.5 Å². The molecule has 2 aliphatic rings. The minimum absolute atomic E-state index is 0.281. The zero-order valence-electron chi connectivity index (χ0n) is 12.0. The smallest absolute Gasteiger partial charge is 0.0444 e. The van der Waals surface area contributed by atoms with Gasteiger partial charge in [-0.1, -0.05) is 50.1 Å². The van der Waals surface area contributed by atoms with E-state index in [2.05, 4.69) is 31.3 Å². The van der Waals surface area contributed by atoms with Crippen molar-refractivity contribution in [1.29, 1.82) is 0 Å². The van der Waals surface area contributed by atoms with Gasteiger partial charge in [0.2, 0.25) is 0 Å². The van der Waals surface area contributed by atoms with Crippen LogP contribution in [0.2, 0.25) is 5.02 Å². The van der Waals surface area contributed by atoms with Gasteiger partial charge in [-0.25, -0.2) is 0 Å². The molecule has 19 heavy (non-hydrogen) atoms. The summed E-state index contributed by atoms with van der Waals surface area (Å²) >= 11 is 6.46. The van der Waals surface area contributed by atoms with Crippen LogP contribution in [0.15, 0.2) is 24.3 Å². The topological polar surface area (TPSA) is 12.0 Å². The molecule has 1 spiro atoms. The first-order valence-electron chi connectivity index (χ1n) is 7.54. The molecule has 2 heteroatoms. The highest BCUT2D eigenvalue weighted by atomic mass is 35.5. The number of nitrogens with one attached hydrogen (secondary N) is 1. The van der Waals surface area contributed by atoms with Crippen molar-refractivity contribution >= 4 is 11.6 Å². The third-order valence-corrected chi connectivity index (χ3v) is 5.46. The molecule has 0 atom stereocenters. The second-order valence-electron chi connectivity index (χ2n) is 7.00. The first-order valence-corrected chi connectivity index (χ1v) is 7.92. The standard InChI is InChI=1S/C17H24ClN/c1-13(2)19-12-17(10-16(11-17)8-5-9-16)14-6-3-4-7-15(14)18/h3-4,6-7,13,19H,5,8-12H2,1-2H3. The molecule has 1 aromatic carbocycles. The van der Waals surface area contributed by atoms with Crippen molar-refractivity contribution in [1.82, 2.24) is 5.32 Å². The van der Waals surface area contributed by atoms with Crippen LogP contribution < -0.4 is 5.32 Å². The lowest BCUT2D eigenvalue weighted by molar-refractivity contribution is -0.0488. The second kappa shape index (κ2) is 4.79. The maximum atomic E-state index is 6.46. The number of rotatable bonds is 4. The highest BCUT2D eigenvalue weighted by Gasteiger charge is 2.57. The Morgan fingerprint density at radius 2 is 1.89 bits per heavy atom. The van der Waals surface area contributed by atoms with Crippen LogP contribution in [0.25, 0.3) is 0 Å². The third-order valence-electron chi connectivity index (χ3n) is 5.13. The number of hydrogen-bond donors (Lipinski definition) is 1. The van der Waals surface area contributed by atoms with E-state index in [1.54, 1.807) is 0 Å². The van der Waals surface area contributed by atoms with Crippen molar-refractivity contribution in [2.75, 3.05) is 6.54 Å². The van der Waals surface area contributed by atoms with E-state index in [4.69, 9.17) is 11.6 Å². The Morgan fingerprint density at radius 1 is 1.21 bits per heavy atom. The lowest BCUT2D eigenvalue weighted by Crippen LogP contribution is -2.58. The molecule has 1 nitrogen and oxygen atoms in total. The Kier molecular flexibility index (Phi) is 3.39. The van der Waals surface area contributed by atoms with E-state index in [9.17, 15) is 0 Å². The summed E-state index contributed by atoms with van der Waals surface area (Å²) in [7, 11) is 0. The minimum atomic E-state index is 0.281. The highest BCUT2D eigenvalue weighted by molar-refractivity contribution is 6.31. The molecule has 0 amide bonds. The van der Waals surface area contributed by atoms with Crippen LogP contribution in [0.5, 0.6) is 0 Å². The Hall–Kier alpha value is -0.530. The molecule has 2 fully saturated rings. The van der Waals surface area contributed by atoms with Gasteiger partial charge >= 0.3 is 0 Å². The Balaban J connectivity index is 1.83. The van der Waals surface area contributed by atoms with Gasteiger partial charge in [0.15, 0.2) is 0 Å². The fraction of sp³-hybridized carbons (Fsp3) is 0.647. The predicted molar refractivity (Wildman–Crippen MR) is 81.8 cm³/mol. The van der Waals surface area contributed by atoms with Crippen molar-refractivity contribution < 1.29 is 0 Å². The lowest BCUT2D eigenvalue weighted by atomic mass is 9.43. The van der Waals surface area contributed by atoms with Gasteiger partial charge in [0.05, 0.1) is 0 Å². The van der Waals surface area contributed by atoms with Crippen LogP contribution in [-0.4, -0.2) is 12.6 Å². The van der Waals surface area contributed by atoms with Crippen LogP contribution in [-0.2, 0) is 5.41 Å². The van der Waals surface area contributed by atoms with E-state index in [1.807, 2.05) is 12.1 Å². The molecule has 0 saturated heterocycles. The van der Waals surface area contributed by atoms with Gasteiger partial charge in [-0.2, -0.15) is 0 Å². The van der Waals surface area contributed by atoms with Crippen LogP contribution in [0, 0.1) is 5.41 Å². The molecule has 3 rings (SSSR count). The van der Waals surface area contributed by atoms with Gasteiger partial charge in [0.1, 0.15) is 0 Å². The number of benzene rings is 1. The van der Waals surface area contributed by atoms with Crippen molar-refractivity contribution in [3.63, 3.8) is 0 Å². The molecule has 0 unspecified atom stereocenters. The molecule has 2 saturated carbocycles. The van der Waals surface area contributed by atoms with Crippen molar-refractivity contribution in [3.8, 4) is 0 Å². The van der Waals surface area contributed by atoms with Crippen LogP contribution in [0.3, 0.4) is 0 Å². The van der Waals surface area contributed by atoms with Gasteiger partial charge < -0.3 is 5.32 Å². The quantitative estimate of drug-likeness (QED) is 0.852. The monoisotopic (exact) mass is 277 g/mol. The molecular formula is C17H24ClN. The fourth-order valence-electron chi connectivity index (χ4n) is 4.12. The average molecular weight is 278 g/mol. The SMILES string of the molecule is CC(C)NCC1(c2ccccc2Cl)CC2(CCC2)C1. The zero-order valence-corrected chi connectivity index (χ0v) is 12.8. The van der Waals surface area contributed by atoms with Gasteiger partial charge in [-0.3, -0.25) is 0 Å². The fourth-order valence-corrected chi connectivity index (χ4v) is 4.45. The molecule has 0 bridgehead atoms. The first-order chi connectivity index (χ1) is 9.05. The summed E-state index contributed by atoms with van der Waals surface area (Å²) in [5, 5.41) is 4.59. The molecule has 0 aromatic heterocycles. The van der Waals surface area contributed by atoms with Gasteiger partial charge in [-0.05, 0) is 42.7 Å². The van der Waals surface area contributed by atoms with E-state index < -0.39 is 0 Å². The van der Waals surface area contributed by atoms with E-state index in [0.717, 1.165) is 11.6 Å². The Morgan fingerprint density at radius 3 is 2.42 bits per heavy atom. The first kappa shape index (κ1) is 13.5. The molecular weight excluding hydrogens is 254 g/mol. The van der Waals surface area contributed by atoms with Crippen molar-refractivity contribution in [3.05, 3.63) is 34.9 Å². The highest BCUT2D eigenvalue weighted by Crippen LogP contribution is 2.65. The summed E-state index contributed by atoms with van der Waals surface area (Å²) < 4.78 is 0.